The lowest BCUT2D eigenvalue weighted by molar-refractivity contribution is -0.127. The van der Waals surface area contributed by atoms with Crippen molar-refractivity contribution >= 4 is 5.91 Å². The van der Waals surface area contributed by atoms with Crippen LogP contribution in [0.3, 0.4) is 0 Å². The third kappa shape index (κ3) is 3.32. The predicted molar refractivity (Wildman–Crippen MR) is 85.0 cm³/mol. The first-order chi connectivity index (χ1) is 10.5. The molecule has 1 aromatic rings. The summed E-state index contributed by atoms with van der Waals surface area (Å²) in [5.41, 5.74) is 0.798. The molecule has 1 aromatic carbocycles. The van der Waals surface area contributed by atoms with Gasteiger partial charge in [0.2, 0.25) is 5.91 Å². The Hall–Kier alpha value is -1.42. The zero-order valence-corrected chi connectivity index (χ0v) is 13.4. The SMILES string of the molecule is C[C@@H]1CN(C)CC[C@H]1NC(=O)C1(Cc2ccc(F)cc2)CC1. The lowest BCUT2D eigenvalue weighted by Gasteiger charge is -2.36. The zero-order chi connectivity index (χ0) is 15.7. The van der Waals surface area contributed by atoms with Gasteiger partial charge in [0.1, 0.15) is 5.82 Å². The molecule has 2 fully saturated rings. The van der Waals surface area contributed by atoms with E-state index in [0.717, 1.165) is 44.3 Å². The molecular formula is C18H25FN2O. The Balaban J connectivity index is 1.60. The van der Waals surface area contributed by atoms with Gasteiger partial charge in [0.05, 0.1) is 5.41 Å². The van der Waals surface area contributed by atoms with Gasteiger partial charge in [-0.3, -0.25) is 4.79 Å². The molecule has 1 amide bonds. The average Bonchev–Trinajstić information content (AvgIpc) is 3.25. The van der Waals surface area contributed by atoms with Gasteiger partial charge in [-0.15, -0.1) is 0 Å². The van der Waals surface area contributed by atoms with Crippen molar-refractivity contribution < 1.29 is 9.18 Å². The number of amides is 1. The summed E-state index contributed by atoms with van der Waals surface area (Å²) in [4.78, 5) is 15.0. The number of carbonyl (C=O) groups excluding carboxylic acids is 1. The molecule has 2 aliphatic rings. The van der Waals surface area contributed by atoms with E-state index < -0.39 is 0 Å². The minimum Gasteiger partial charge on any atom is -0.353 e. The summed E-state index contributed by atoms with van der Waals surface area (Å²) in [5, 5.41) is 3.28. The van der Waals surface area contributed by atoms with Gasteiger partial charge < -0.3 is 10.2 Å². The highest BCUT2D eigenvalue weighted by Crippen LogP contribution is 2.48. The molecule has 1 saturated carbocycles. The summed E-state index contributed by atoms with van der Waals surface area (Å²) in [7, 11) is 2.13. The van der Waals surface area contributed by atoms with Crippen LogP contribution in [0.4, 0.5) is 4.39 Å². The van der Waals surface area contributed by atoms with Gasteiger partial charge >= 0.3 is 0 Å². The Labute approximate surface area is 131 Å². The molecule has 4 heteroatoms. The van der Waals surface area contributed by atoms with Crippen molar-refractivity contribution in [3.05, 3.63) is 35.6 Å². The summed E-state index contributed by atoms with van der Waals surface area (Å²) >= 11 is 0. The van der Waals surface area contributed by atoms with Crippen LogP contribution in [0.2, 0.25) is 0 Å². The van der Waals surface area contributed by atoms with Gasteiger partial charge in [-0.25, -0.2) is 4.39 Å². The van der Waals surface area contributed by atoms with E-state index in [-0.39, 0.29) is 23.2 Å². The molecule has 2 atom stereocenters. The third-order valence-electron chi connectivity index (χ3n) is 5.22. The number of rotatable bonds is 4. The monoisotopic (exact) mass is 304 g/mol. The first-order valence-electron chi connectivity index (χ1n) is 8.22. The maximum atomic E-state index is 13.0. The fourth-order valence-corrected chi connectivity index (χ4v) is 3.52. The fourth-order valence-electron chi connectivity index (χ4n) is 3.52. The number of carbonyl (C=O) groups is 1. The molecule has 0 unspecified atom stereocenters. The summed E-state index contributed by atoms with van der Waals surface area (Å²) in [6.45, 7) is 4.29. The molecule has 22 heavy (non-hydrogen) atoms. The van der Waals surface area contributed by atoms with Crippen LogP contribution in [0.15, 0.2) is 24.3 Å². The molecule has 1 saturated heterocycles. The molecule has 1 N–H and O–H groups in total. The summed E-state index contributed by atoms with van der Waals surface area (Å²) < 4.78 is 13.0. The summed E-state index contributed by atoms with van der Waals surface area (Å²) in [6.07, 6.45) is 3.63. The average molecular weight is 304 g/mol. The quantitative estimate of drug-likeness (QED) is 0.927. The number of benzene rings is 1. The number of hydrogen-bond donors (Lipinski definition) is 1. The van der Waals surface area contributed by atoms with Crippen molar-refractivity contribution in [3.63, 3.8) is 0 Å². The van der Waals surface area contributed by atoms with E-state index in [1.807, 2.05) is 0 Å². The lowest BCUT2D eigenvalue weighted by Crippen LogP contribution is -2.50. The number of halogens is 1. The largest absolute Gasteiger partial charge is 0.353 e. The highest BCUT2D eigenvalue weighted by atomic mass is 19.1. The number of nitrogens with zero attached hydrogens (tertiary/aromatic N) is 1. The predicted octanol–water partition coefficient (Wildman–Crippen LogP) is 2.60. The van der Waals surface area contributed by atoms with Gasteiger partial charge in [0.25, 0.3) is 0 Å². The van der Waals surface area contributed by atoms with Crippen molar-refractivity contribution in [3.8, 4) is 0 Å². The Morgan fingerprint density at radius 2 is 2.05 bits per heavy atom. The first-order valence-corrected chi connectivity index (χ1v) is 8.22. The van der Waals surface area contributed by atoms with Crippen LogP contribution >= 0.6 is 0 Å². The second-order valence-electron chi connectivity index (χ2n) is 7.19. The molecule has 0 radical (unpaired) electrons. The molecule has 1 aliphatic carbocycles. The van der Waals surface area contributed by atoms with Gasteiger partial charge in [-0.05, 0) is 62.9 Å². The van der Waals surface area contributed by atoms with Crippen LogP contribution in [0.1, 0.15) is 31.7 Å². The van der Waals surface area contributed by atoms with E-state index >= 15 is 0 Å². The fraction of sp³-hybridized carbons (Fsp3) is 0.611. The Kier molecular flexibility index (Phi) is 4.22. The van der Waals surface area contributed by atoms with Gasteiger partial charge in [0, 0.05) is 12.6 Å². The van der Waals surface area contributed by atoms with E-state index in [2.05, 4.69) is 24.2 Å². The van der Waals surface area contributed by atoms with Gasteiger partial charge in [-0.1, -0.05) is 19.1 Å². The third-order valence-corrected chi connectivity index (χ3v) is 5.22. The smallest absolute Gasteiger partial charge is 0.226 e. The van der Waals surface area contributed by atoms with E-state index in [9.17, 15) is 9.18 Å². The number of likely N-dealkylation sites (tertiary alicyclic amines) is 1. The van der Waals surface area contributed by atoms with Crippen LogP contribution in [-0.2, 0) is 11.2 Å². The number of piperidine rings is 1. The van der Waals surface area contributed by atoms with Crippen molar-refractivity contribution in [2.75, 3.05) is 20.1 Å². The van der Waals surface area contributed by atoms with E-state index in [1.54, 1.807) is 12.1 Å². The molecular weight excluding hydrogens is 279 g/mol. The molecule has 1 heterocycles. The Morgan fingerprint density at radius 3 is 2.64 bits per heavy atom. The molecule has 120 valence electrons. The highest BCUT2D eigenvalue weighted by molar-refractivity contribution is 5.85. The summed E-state index contributed by atoms with van der Waals surface area (Å²) in [6, 6.07) is 6.82. The van der Waals surface area contributed by atoms with Crippen LogP contribution in [0.5, 0.6) is 0 Å². The highest BCUT2D eigenvalue weighted by Gasteiger charge is 2.50. The van der Waals surface area contributed by atoms with Crippen LogP contribution < -0.4 is 5.32 Å². The van der Waals surface area contributed by atoms with Crippen molar-refractivity contribution in [2.24, 2.45) is 11.3 Å². The van der Waals surface area contributed by atoms with Crippen molar-refractivity contribution in [1.82, 2.24) is 10.2 Å². The van der Waals surface area contributed by atoms with E-state index in [1.165, 1.54) is 12.1 Å². The van der Waals surface area contributed by atoms with Crippen LogP contribution in [0, 0.1) is 17.2 Å². The Bertz CT molecular complexity index is 539. The van der Waals surface area contributed by atoms with Crippen LogP contribution in [-0.4, -0.2) is 37.0 Å². The van der Waals surface area contributed by atoms with Crippen LogP contribution in [0.25, 0.3) is 0 Å². The second kappa shape index (κ2) is 5.99. The van der Waals surface area contributed by atoms with E-state index in [0.29, 0.717) is 5.92 Å². The minimum absolute atomic E-state index is 0.193. The topological polar surface area (TPSA) is 32.3 Å². The zero-order valence-electron chi connectivity index (χ0n) is 13.4. The molecule has 0 spiro atoms. The first kappa shape index (κ1) is 15.5. The minimum atomic E-state index is -0.249. The second-order valence-corrected chi connectivity index (χ2v) is 7.19. The van der Waals surface area contributed by atoms with Crippen molar-refractivity contribution in [2.45, 2.75) is 38.6 Å². The maximum Gasteiger partial charge on any atom is 0.226 e. The molecule has 3 rings (SSSR count). The number of nitrogens with one attached hydrogen (secondary N) is 1. The lowest BCUT2D eigenvalue weighted by atomic mass is 9.91. The molecule has 0 bridgehead atoms. The summed E-state index contributed by atoms with van der Waals surface area (Å²) in [5.74, 6) is 0.459. The van der Waals surface area contributed by atoms with E-state index in [4.69, 9.17) is 0 Å². The molecule has 3 nitrogen and oxygen atoms in total. The standard InChI is InChI=1S/C18H25FN2O/c1-13-12-21(2)10-7-16(13)20-17(22)18(8-9-18)11-14-3-5-15(19)6-4-14/h3-6,13,16H,7-12H2,1-2H3,(H,20,22)/t13-,16-/m1/s1. The normalized spacial score (nSPS) is 27.4. The Morgan fingerprint density at radius 1 is 1.36 bits per heavy atom. The van der Waals surface area contributed by atoms with Gasteiger partial charge in [0.15, 0.2) is 0 Å². The molecule has 0 aromatic heterocycles. The number of hydrogen-bond acceptors (Lipinski definition) is 2. The van der Waals surface area contributed by atoms with Gasteiger partial charge in [-0.2, -0.15) is 0 Å². The molecule has 1 aliphatic heterocycles. The maximum absolute atomic E-state index is 13.0. The van der Waals surface area contributed by atoms with Crippen molar-refractivity contribution in [1.29, 1.82) is 0 Å².